The van der Waals surface area contributed by atoms with Crippen molar-refractivity contribution in [2.45, 2.75) is 30.7 Å². The van der Waals surface area contributed by atoms with Crippen LogP contribution in [0.3, 0.4) is 0 Å². The number of sulfonamides is 1. The molecule has 186 valence electrons. The lowest BCUT2D eigenvalue weighted by Crippen LogP contribution is -2.39. The van der Waals surface area contributed by atoms with E-state index in [1.54, 1.807) is 19.1 Å². The lowest BCUT2D eigenvalue weighted by atomic mass is 10.1. The summed E-state index contributed by atoms with van der Waals surface area (Å²) < 4.78 is 39.6. The van der Waals surface area contributed by atoms with Gasteiger partial charge in [-0.2, -0.15) is 0 Å². The number of carbonyl (C=O) groups excluding carboxylic acids is 1. The summed E-state index contributed by atoms with van der Waals surface area (Å²) in [7, 11) is -2.62. The Morgan fingerprint density at radius 2 is 2.03 bits per heavy atom. The van der Waals surface area contributed by atoms with Crippen LogP contribution in [-0.4, -0.2) is 55.8 Å². The van der Waals surface area contributed by atoms with Crippen LogP contribution in [0.15, 0.2) is 47.4 Å². The molecule has 1 aliphatic heterocycles. The number of aryl methyl sites for hydroxylation is 1. The number of nitrogen functional groups attached to an aromatic ring is 1. The van der Waals surface area contributed by atoms with Gasteiger partial charge in [0.15, 0.2) is 5.13 Å². The summed E-state index contributed by atoms with van der Waals surface area (Å²) in [5, 5.41) is 9.79. The second kappa shape index (κ2) is 10.1. The number of benzene rings is 2. The molecule has 1 fully saturated rings. The van der Waals surface area contributed by atoms with Crippen LogP contribution in [0.25, 0.3) is 10.4 Å². The second-order valence-electron chi connectivity index (χ2n) is 8.00. The molecule has 0 aliphatic carbocycles. The van der Waals surface area contributed by atoms with Crippen LogP contribution in [0.4, 0.5) is 15.6 Å². The maximum Gasteiger partial charge on any atom is 0.415 e. The van der Waals surface area contributed by atoms with Crippen LogP contribution >= 0.6 is 11.3 Å². The number of ether oxygens (including phenoxy) is 2. The fourth-order valence-electron chi connectivity index (χ4n) is 3.94. The molecule has 2 aromatic carbocycles. The number of likely N-dealkylation sites (tertiary alicyclic amines) is 1. The van der Waals surface area contributed by atoms with Gasteiger partial charge in [-0.1, -0.05) is 11.3 Å². The van der Waals surface area contributed by atoms with Gasteiger partial charge in [0, 0.05) is 12.2 Å². The SMILES string of the molecule is COc1ccc(-c2sc(N)nc2C)cc1S(=O)(=O)Nc1ccc(OC(=O)N2CCCC2CO)cc1. The first-order chi connectivity index (χ1) is 16.7. The number of nitrogens with zero attached hydrogens (tertiary/aromatic N) is 2. The van der Waals surface area contributed by atoms with Crippen LogP contribution in [0, 0.1) is 6.92 Å². The number of aliphatic hydroxyl groups excluding tert-OH is 1. The van der Waals surface area contributed by atoms with E-state index in [1.807, 2.05) is 0 Å². The Labute approximate surface area is 207 Å². The van der Waals surface area contributed by atoms with Crippen molar-refractivity contribution >= 4 is 38.3 Å². The van der Waals surface area contributed by atoms with Crippen molar-refractivity contribution in [2.75, 3.05) is 30.7 Å². The van der Waals surface area contributed by atoms with Crippen LogP contribution in [0.1, 0.15) is 18.5 Å². The Bertz CT molecular complexity index is 1320. The summed E-state index contributed by atoms with van der Waals surface area (Å²) in [5.74, 6) is 0.449. The van der Waals surface area contributed by atoms with E-state index in [9.17, 15) is 18.3 Å². The molecule has 12 heteroatoms. The molecule has 1 amide bonds. The molecule has 3 aromatic rings. The number of thiazole rings is 1. The van der Waals surface area contributed by atoms with Crippen molar-refractivity contribution < 1.29 is 27.8 Å². The Kier molecular flexibility index (Phi) is 7.15. The number of hydrogen-bond acceptors (Lipinski definition) is 9. The normalized spacial score (nSPS) is 15.7. The average molecular weight is 519 g/mol. The first-order valence-corrected chi connectivity index (χ1v) is 13.2. The molecule has 4 rings (SSSR count). The third-order valence-electron chi connectivity index (χ3n) is 5.66. The van der Waals surface area contributed by atoms with Gasteiger partial charge in [-0.25, -0.2) is 18.2 Å². The van der Waals surface area contributed by atoms with Crippen molar-refractivity contribution in [1.29, 1.82) is 0 Å². The van der Waals surface area contributed by atoms with Gasteiger partial charge in [0.05, 0.1) is 30.3 Å². The van der Waals surface area contributed by atoms with Crippen LogP contribution in [-0.2, 0) is 10.0 Å². The molecule has 1 aromatic heterocycles. The highest BCUT2D eigenvalue weighted by Gasteiger charge is 2.29. The molecule has 0 radical (unpaired) electrons. The summed E-state index contributed by atoms with van der Waals surface area (Å²) in [6.45, 7) is 2.22. The van der Waals surface area contributed by atoms with E-state index in [0.717, 1.165) is 17.7 Å². The summed E-state index contributed by atoms with van der Waals surface area (Å²) >= 11 is 1.27. The molecular weight excluding hydrogens is 492 g/mol. The Balaban J connectivity index is 1.52. The van der Waals surface area contributed by atoms with Gasteiger partial charge in [0.1, 0.15) is 16.4 Å². The van der Waals surface area contributed by atoms with E-state index in [1.165, 1.54) is 53.7 Å². The smallest absolute Gasteiger partial charge is 0.415 e. The number of nitrogens with two attached hydrogens (primary N) is 1. The summed E-state index contributed by atoms with van der Waals surface area (Å²) in [5.41, 5.74) is 7.44. The number of carbonyl (C=O) groups is 1. The van der Waals surface area contributed by atoms with E-state index >= 15 is 0 Å². The highest BCUT2D eigenvalue weighted by Crippen LogP contribution is 2.36. The predicted molar refractivity (Wildman–Crippen MR) is 133 cm³/mol. The van der Waals surface area contributed by atoms with Gasteiger partial charge < -0.3 is 25.2 Å². The van der Waals surface area contributed by atoms with Crippen molar-refractivity contribution in [2.24, 2.45) is 0 Å². The van der Waals surface area contributed by atoms with Gasteiger partial charge in [-0.3, -0.25) is 4.72 Å². The van der Waals surface area contributed by atoms with Gasteiger partial charge in [0.25, 0.3) is 10.0 Å². The fraction of sp³-hybridized carbons (Fsp3) is 0.304. The number of methoxy groups -OCH3 is 1. The Hall–Kier alpha value is -3.35. The quantitative estimate of drug-likeness (QED) is 0.431. The lowest BCUT2D eigenvalue weighted by Gasteiger charge is -2.22. The van der Waals surface area contributed by atoms with E-state index in [-0.39, 0.29) is 34.7 Å². The molecule has 1 unspecified atom stereocenters. The predicted octanol–water partition coefficient (Wildman–Crippen LogP) is 3.47. The molecule has 1 aliphatic rings. The maximum atomic E-state index is 13.2. The highest BCUT2D eigenvalue weighted by molar-refractivity contribution is 7.92. The maximum absolute atomic E-state index is 13.2. The highest BCUT2D eigenvalue weighted by atomic mass is 32.2. The fourth-order valence-corrected chi connectivity index (χ4v) is 6.02. The zero-order valence-corrected chi connectivity index (χ0v) is 20.9. The molecular formula is C23H26N4O6S2. The van der Waals surface area contributed by atoms with Crippen LogP contribution in [0.2, 0.25) is 0 Å². The summed E-state index contributed by atoms with van der Waals surface area (Å²) in [6, 6.07) is 10.6. The molecule has 2 heterocycles. The van der Waals surface area contributed by atoms with Crippen molar-refractivity contribution in [3.05, 3.63) is 48.2 Å². The van der Waals surface area contributed by atoms with Crippen molar-refractivity contribution in [1.82, 2.24) is 9.88 Å². The molecule has 35 heavy (non-hydrogen) atoms. The van der Waals surface area contributed by atoms with E-state index < -0.39 is 16.1 Å². The molecule has 0 spiro atoms. The largest absolute Gasteiger partial charge is 0.495 e. The number of anilines is 2. The molecule has 10 nitrogen and oxygen atoms in total. The second-order valence-corrected chi connectivity index (χ2v) is 10.7. The minimum atomic E-state index is -4.02. The van der Waals surface area contributed by atoms with Crippen molar-refractivity contribution in [3.8, 4) is 21.9 Å². The zero-order valence-electron chi connectivity index (χ0n) is 19.2. The first-order valence-electron chi connectivity index (χ1n) is 10.9. The van der Waals surface area contributed by atoms with Gasteiger partial charge in [0.2, 0.25) is 0 Å². The Morgan fingerprint density at radius 1 is 1.29 bits per heavy atom. The summed E-state index contributed by atoms with van der Waals surface area (Å²) in [4.78, 5) is 18.8. The van der Waals surface area contributed by atoms with Gasteiger partial charge in [-0.15, -0.1) is 0 Å². The molecule has 0 bridgehead atoms. The van der Waals surface area contributed by atoms with E-state index in [4.69, 9.17) is 15.2 Å². The number of rotatable bonds is 7. The van der Waals surface area contributed by atoms with Gasteiger partial charge in [-0.05, 0) is 67.8 Å². The lowest BCUT2D eigenvalue weighted by molar-refractivity contribution is 0.124. The van der Waals surface area contributed by atoms with Crippen molar-refractivity contribution in [3.63, 3.8) is 0 Å². The standard InChI is InChI=1S/C23H26N4O6S2/c1-14-21(34-22(24)25-14)15-5-10-19(32-2)20(12-15)35(30,31)26-16-6-8-18(9-7-16)33-23(29)27-11-3-4-17(27)13-28/h5-10,12,17,26,28H,3-4,11,13H2,1-2H3,(H2,24,25). The number of amides is 1. The van der Waals surface area contributed by atoms with Crippen LogP contribution in [0.5, 0.6) is 11.5 Å². The topological polar surface area (TPSA) is 144 Å². The third-order valence-corrected chi connectivity index (χ3v) is 8.10. The molecule has 1 atom stereocenters. The average Bonchev–Trinajstić information content (AvgIpc) is 3.45. The minimum absolute atomic E-state index is 0.0385. The summed E-state index contributed by atoms with van der Waals surface area (Å²) in [6.07, 6.45) is 0.990. The molecule has 4 N–H and O–H groups in total. The minimum Gasteiger partial charge on any atom is -0.495 e. The van der Waals surface area contributed by atoms with Gasteiger partial charge >= 0.3 is 6.09 Å². The molecule has 1 saturated heterocycles. The zero-order chi connectivity index (χ0) is 25.2. The molecule has 0 saturated carbocycles. The third kappa shape index (κ3) is 5.34. The number of nitrogens with one attached hydrogen (secondary N) is 1. The van der Waals surface area contributed by atoms with E-state index in [0.29, 0.717) is 22.9 Å². The first kappa shape index (κ1) is 24.8. The number of aliphatic hydroxyl groups is 1. The van der Waals surface area contributed by atoms with E-state index in [2.05, 4.69) is 9.71 Å². The Morgan fingerprint density at radius 3 is 2.66 bits per heavy atom. The number of hydrogen-bond donors (Lipinski definition) is 3. The number of aromatic nitrogens is 1. The van der Waals surface area contributed by atoms with Crippen LogP contribution < -0.4 is 19.9 Å². The monoisotopic (exact) mass is 518 g/mol.